The van der Waals surface area contributed by atoms with Gasteiger partial charge in [-0.1, -0.05) is 12.1 Å². The van der Waals surface area contributed by atoms with E-state index in [1.807, 2.05) is 46.7 Å². The molecule has 0 fully saturated rings. The van der Waals surface area contributed by atoms with Gasteiger partial charge in [0.1, 0.15) is 0 Å². The summed E-state index contributed by atoms with van der Waals surface area (Å²) in [6, 6.07) is 13.9. The molecule has 0 saturated heterocycles. The highest BCUT2D eigenvalue weighted by molar-refractivity contribution is 7.10. The molecule has 0 bridgehead atoms. The molecule has 26 heavy (non-hydrogen) atoms. The van der Waals surface area contributed by atoms with Crippen molar-refractivity contribution in [2.45, 2.75) is 32.2 Å². The van der Waals surface area contributed by atoms with Crippen LogP contribution in [0.15, 0.2) is 60.2 Å². The van der Waals surface area contributed by atoms with Gasteiger partial charge in [-0.15, -0.1) is 11.3 Å². The third-order valence-corrected chi connectivity index (χ3v) is 5.43. The van der Waals surface area contributed by atoms with E-state index >= 15 is 0 Å². The van der Waals surface area contributed by atoms with Crippen molar-refractivity contribution in [1.29, 1.82) is 0 Å². The van der Waals surface area contributed by atoms with Crippen LogP contribution in [0.4, 0.5) is 0 Å². The number of pyridine rings is 1. The van der Waals surface area contributed by atoms with Gasteiger partial charge in [0, 0.05) is 29.5 Å². The Kier molecular flexibility index (Phi) is 5.13. The van der Waals surface area contributed by atoms with Crippen molar-refractivity contribution >= 4 is 17.2 Å². The smallest absolute Gasteiger partial charge is 0.228 e. The van der Waals surface area contributed by atoms with E-state index < -0.39 is 0 Å². The molecule has 0 saturated carbocycles. The Morgan fingerprint density at radius 2 is 2.15 bits per heavy atom. The fraction of sp³-hybridized carbons (Fsp3) is 0.300. The van der Waals surface area contributed by atoms with Crippen LogP contribution in [0, 0.1) is 0 Å². The highest BCUT2D eigenvalue weighted by Crippen LogP contribution is 2.18. The molecule has 5 nitrogen and oxygen atoms in total. The van der Waals surface area contributed by atoms with E-state index in [4.69, 9.17) is 4.74 Å². The zero-order valence-corrected chi connectivity index (χ0v) is 15.3. The molecule has 6 heteroatoms. The third-order valence-electron chi connectivity index (χ3n) is 4.55. The van der Waals surface area contributed by atoms with Gasteiger partial charge in [0.05, 0.1) is 37.9 Å². The average Bonchev–Trinajstić information content (AvgIpc) is 3.29. The number of fused-ring (bicyclic) bond motifs is 1. The Hall–Kier alpha value is -2.44. The van der Waals surface area contributed by atoms with Gasteiger partial charge in [-0.05, 0) is 35.7 Å². The maximum atomic E-state index is 12.8. The Bertz CT molecular complexity index is 845. The second kappa shape index (κ2) is 7.85. The molecule has 0 aliphatic carbocycles. The minimum atomic E-state index is -0.0575. The van der Waals surface area contributed by atoms with Gasteiger partial charge in [-0.2, -0.15) is 0 Å². The van der Waals surface area contributed by atoms with E-state index in [-0.39, 0.29) is 12.0 Å². The molecule has 1 aliphatic heterocycles. The van der Waals surface area contributed by atoms with Crippen molar-refractivity contribution in [3.8, 4) is 0 Å². The number of nitrogens with zero attached hydrogens (tertiary/aromatic N) is 3. The first-order valence-electron chi connectivity index (χ1n) is 8.73. The zero-order chi connectivity index (χ0) is 17.8. The maximum Gasteiger partial charge on any atom is 0.228 e. The fourth-order valence-corrected chi connectivity index (χ4v) is 3.91. The SMILES string of the molecule is O=C(Cc1cccs1)N1Cc2cccn2CC(OCc2ccccn2)C1. The topological polar surface area (TPSA) is 47.4 Å². The predicted molar refractivity (Wildman–Crippen MR) is 101 cm³/mol. The molecule has 1 aliphatic rings. The summed E-state index contributed by atoms with van der Waals surface area (Å²) in [5.74, 6) is 0.147. The van der Waals surface area contributed by atoms with Gasteiger partial charge in [-0.25, -0.2) is 0 Å². The number of carbonyl (C=O) groups is 1. The molecule has 0 N–H and O–H groups in total. The maximum absolute atomic E-state index is 12.8. The molecule has 134 valence electrons. The number of amides is 1. The second-order valence-electron chi connectivity index (χ2n) is 6.44. The molecule has 0 aromatic carbocycles. The highest BCUT2D eigenvalue weighted by Gasteiger charge is 2.25. The summed E-state index contributed by atoms with van der Waals surface area (Å²) in [4.78, 5) is 20.2. The summed E-state index contributed by atoms with van der Waals surface area (Å²) < 4.78 is 8.30. The summed E-state index contributed by atoms with van der Waals surface area (Å²) in [6.45, 7) is 2.42. The van der Waals surface area contributed by atoms with Crippen LogP contribution >= 0.6 is 11.3 Å². The molecule has 1 atom stereocenters. The molecular formula is C20H21N3O2S. The number of ether oxygens (including phenoxy) is 1. The van der Waals surface area contributed by atoms with Crippen LogP contribution in [0.1, 0.15) is 16.3 Å². The van der Waals surface area contributed by atoms with Crippen molar-refractivity contribution < 1.29 is 9.53 Å². The van der Waals surface area contributed by atoms with E-state index in [0.29, 0.717) is 26.1 Å². The van der Waals surface area contributed by atoms with Crippen LogP contribution in [0.2, 0.25) is 0 Å². The number of hydrogen-bond acceptors (Lipinski definition) is 4. The van der Waals surface area contributed by atoms with Crippen LogP contribution in [-0.2, 0) is 35.6 Å². The molecule has 0 radical (unpaired) electrons. The highest BCUT2D eigenvalue weighted by atomic mass is 32.1. The van der Waals surface area contributed by atoms with Crippen molar-refractivity contribution in [3.05, 3.63) is 76.5 Å². The largest absolute Gasteiger partial charge is 0.368 e. The zero-order valence-electron chi connectivity index (χ0n) is 14.5. The summed E-state index contributed by atoms with van der Waals surface area (Å²) >= 11 is 1.62. The van der Waals surface area contributed by atoms with Gasteiger partial charge in [0.15, 0.2) is 0 Å². The third kappa shape index (κ3) is 4.03. The van der Waals surface area contributed by atoms with Gasteiger partial charge in [0.25, 0.3) is 0 Å². The molecule has 4 rings (SSSR count). The first kappa shape index (κ1) is 17.0. The predicted octanol–water partition coefficient (Wildman–Crippen LogP) is 3.11. The Balaban J connectivity index is 1.47. The number of carbonyl (C=O) groups excluding carboxylic acids is 1. The quantitative estimate of drug-likeness (QED) is 0.696. The number of rotatable bonds is 5. The first-order chi connectivity index (χ1) is 12.8. The lowest BCUT2D eigenvalue weighted by atomic mass is 10.2. The van der Waals surface area contributed by atoms with Gasteiger partial charge in [-0.3, -0.25) is 9.78 Å². The summed E-state index contributed by atoms with van der Waals surface area (Å²) in [6.07, 6.45) is 4.22. The van der Waals surface area contributed by atoms with E-state index in [9.17, 15) is 4.79 Å². The van der Waals surface area contributed by atoms with E-state index in [1.54, 1.807) is 17.5 Å². The van der Waals surface area contributed by atoms with Crippen molar-refractivity contribution in [2.75, 3.05) is 6.54 Å². The lowest BCUT2D eigenvalue weighted by Gasteiger charge is -2.24. The molecule has 1 amide bonds. The van der Waals surface area contributed by atoms with E-state index in [2.05, 4.69) is 21.8 Å². The minimum absolute atomic E-state index is 0.0575. The Morgan fingerprint density at radius 3 is 2.96 bits per heavy atom. The van der Waals surface area contributed by atoms with Crippen LogP contribution in [0.5, 0.6) is 0 Å². The van der Waals surface area contributed by atoms with Gasteiger partial charge in [0.2, 0.25) is 5.91 Å². The standard InChI is InChI=1S/C20H21N3O2S/c24-20(11-19-7-4-10-26-19)23-12-17-6-3-9-22(17)13-18(14-23)25-15-16-5-1-2-8-21-16/h1-10,18H,11-15H2. The first-order valence-corrected chi connectivity index (χ1v) is 9.61. The second-order valence-corrected chi connectivity index (χ2v) is 7.47. The monoisotopic (exact) mass is 367 g/mol. The summed E-state index contributed by atoms with van der Waals surface area (Å²) in [7, 11) is 0. The van der Waals surface area contributed by atoms with Crippen LogP contribution in [0.3, 0.4) is 0 Å². The van der Waals surface area contributed by atoms with Crippen LogP contribution in [0.25, 0.3) is 0 Å². The van der Waals surface area contributed by atoms with E-state index in [1.165, 1.54) is 0 Å². The molecule has 3 aromatic heterocycles. The van der Waals surface area contributed by atoms with Gasteiger partial charge < -0.3 is 14.2 Å². The van der Waals surface area contributed by atoms with E-state index in [0.717, 1.165) is 22.8 Å². The van der Waals surface area contributed by atoms with Crippen LogP contribution in [-0.4, -0.2) is 33.0 Å². The fourth-order valence-electron chi connectivity index (χ4n) is 3.21. The Morgan fingerprint density at radius 1 is 1.19 bits per heavy atom. The minimum Gasteiger partial charge on any atom is -0.368 e. The summed E-state index contributed by atoms with van der Waals surface area (Å²) in [5.41, 5.74) is 2.05. The lowest BCUT2D eigenvalue weighted by molar-refractivity contribution is -0.133. The van der Waals surface area contributed by atoms with Crippen molar-refractivity contribution in [1.82, 2.24) is 14.5 Å². The Labute approximate surface area is 156 Å². The number of aromatic nitrogens is 2. The van der Waals surface area contributed by atoms with Crippen molar-refractivity contribution in [3.63, 3.8) is 0 Å². The summed E-state index contributed by atoms with van der Waals surface area (Å²) in [5, 5.41) is 2.01. The van der Waals surface area contributed by atoms with Crippen molar-refractivity contribution in [2.24, 2.45) is 0 Å². The molecule has 3 aromatic rings. The van der Waals surface area contributed by atoms with Gasteiger partial charge >= 0.3 is 0 Å². The van der Waals surface area contributed by atoms with Crippen LogP contribution < -0.4 is 0 Å². The molecule has 4 heterocycles. The molecule has 1 unspecified atom stereocenters. The molecular weight excluding hydrogens is 346 g/mol. The number of thiophene rings is 1. The molecule has 0 spiro atoms. The average molecular weight is 367 g/mol. The lowest BCUT2D eigenvalue weighted by Crippen LogP contribution is -2.38. The normalized spacial score (nSPS) is 16.9. The number of hydrogen-bond donors (Lipinski definition) is 0.